The molecule has 1 saturated carbocycles. The lowest BCUT2D eigenvalue weighted by atomic mass is 10.2. The lowest BCUT2D eigenvalue weighted by Gasteiger charge is -2.07. The number of methoxy groups -OCH3 is 1. The SMILES string of the molecule is COc1ccc(NC(=O)C2CC2C(=O)Nc2ccc(Br)cc2)cc1. The molecule has 0 spiro atoms. The van der Waals surface area contributed by atoms with Crippen LogP contribution in [0.4, 0.5) is 11.4 Å². The highest BCUT2D eigenvalue weighted by Crippen LogP contribution is 2.40. The second-order valence-corrected chi connectivity index (χ2v) is 6.58. The third kappa shape index (κ3) is 3.94. The highest BCUT2D eigenvalue weighted by atomic mass is 79.9. The molecule has 0 saturated heterocycles. The molecule has 0 heterocycles. The summed E-state index contributed by atoms with van der Waals surface area (Å²) in [4.78, 5) is 24.4. The molecule has 2 aromatic carbocycles. The molecule has 3 rings (SSSR count). The average Bonchev–Trinajstić information content (AvgIpc) is 3.38. The number of amides is 2. The zero-order valence-electron chi connectivity index (χ0n) is 13.1. The van der Waals surface area contributed by atoms with Crippen LogP contribution < -0.4 is 15.4 Å². The highest BCUT2D eigenvalue weighted by Gasteiger charge is 2.48. The predicted octanol–water partition coefficient (Wildman–Crippen LogP) is 3.67. The lowest BCUT2D eigenvalue weighted by molar-refractivity contribution is -0.122. The number of carbonyl (C=O) groups excluding carboxylic acids is 2. The molecule has 2 N–H and O–H groups in total. The Kier molecular flexibility index (Phi) is 4.85. The lowest BCUT2D eigenvalue weighted by Crippen LogP contribution is -2.20. The second kappa shape index (κ2) is 7.05. The molecular weight excluding hydrogens is 372 g/mol. The Bertz CT molecular complexity index is 744. The number of benzene rings is 2. The molecular formula is C18H17BrN2O3. The number of ether oxygens (including phenoxy) is 1. The van der Waals surface area contributed by atoms with Gasteiger partial charge in [-0.25, -0.2) is 0 Å². The first-order valence-corrected chi connectivity index (χ1v) is 8.37. The number of nitrogens with one attached hydrogen (secondary N) is 2. The van der Waals surface area contributed by atoms with Gasteiger partial charge in [-0.15, -0.1) is 0 Å². The maximum absolute atomic E-state index is 12.2. The zero-order chi connectivity index (χ0) is 17.1. The largest absolute Gasteiger partial charge is 0.497 e. The quantitative estimate of drug-likeness (QED) is 0.820. The smallest absolute Gasteiger partial charge is 0.228 e. The van der Waals surface area contributed by atoms with Crippen molar-refractivity contribution < 1.29 is 14.3 Å². The Hall–Kier alpha value is -2.34. The zero-order valence-corrected chi connectivity index (χ0v) is 14.7. The standard InChI is InChI=1S/C18H17BrN2O3/c1-24-14-8-6-13(7-9-14)21-18(23)16-10-15(16)17(22)20-12-4-2-11(19)3-5-12/h2-9,15-16H,10H2,1H3,(H,20,22)(H,21,23). The van der Waals surface area contributed by atoms with Crippen LogP contribution in [0.1, 0.15) is 6.42 Å². The monoisotopic (exact) mass is 388 g/mol. The number of rotatable bonds is 5. The van der Waals surface area contributed by atoms with Gasteiger partial charge in [0, 0.05) is 15.8 Å². The van der Waals surface area contributed by atoms with Crippen LogP contribution in [0.2, 0.25) is 0 Å². The fourth-order valence-corrected chi connectivity index (χ4v) is 2.72. The maximum Gasteiger partial charge on any atom is 0.228 e. The molecule has 124 valence electrons. The van der Waals surface area contributed by atoms with Gasteiger partial charge in [0.05, 0.1) is 18.9 Å². The Morgan fingerprint density at radius 2 is 1.38 bits per heavy atom. The van der Waals surface area contributed by atoms with E-state index in [-0.39, 0.29) is 23.7 Å². The minimum absolute atomic E-state index is 0.118. The maximum atomic E-state index is 12.2. The molecule has 0 aliphatic heterocycles. The minimum Gasteiger partial charge on any atom is -0.497 e. The number of carbonyl (C=O) groups is 2. The molecule has 1 fully saturated rings. The summed E-state index contributed by atoms with van der Waals surface area (Å²) in [5.41, 5.74) is 1.42. The van der Waals surface area contributed by atoms with E-state index >= 15 is 0 Å². The molecule has 0 aromatic heterocycles. The van der Waals surface area contributed by atoms with Crippen molar-refractivity contribution in [3.05, 3.63) is 53.0 Å². The molecule has 1 aliphatic carbocycles. The fraction of sp³-hybridized carbons (Fsp3) is 0.222. The second-order valence-electron chi connectivity index (χ2n) is 5.66. The van der Waals surface area contributed by atoms with E-state index in [1.54, 1.807) is 31.4 Å². The van der Waals surface area contributed by atoms with Crippen LogP contribution in [0.5, 0.6) is 5.75 Å². The van der Waals surface area contributed by atoms with Gasteiger partial charge in [0.1, 0.15) is 5.75 Å². The Morgan fingerprint density at radius 3 is 1.83 bits per heavy atom. The van der Waals surface area contributed by atoms with Gasteiger partial charge in [-0.1, -0.05) is 15.9 Å². The van der Waals surface area contributed by atoms with E-state index < -0.39 is 0 Å². The minimum atomic E-state index is -0.275. The first kappa shape index (κ1) is 16.5. The normalized spacial score (nSPS) is 18.6. The Balaban J connectivity index is 1.52. The van der Waals surface area contributed by atoms with Crippen molar-refractivity contribution in [1.29, 1.82) is 0 Å². The number of halogens is 1. The van der Waals surface area contributed by atoms with Gasteiger partial charge in [-0.3, -0.25) is 9.59 Å². The Labute approximate surface area is 148 Å². The predicted molar refractivity (Wildman–Crippen MR) is 96.0 cm³/mol. The molecule has 6 heteroatoms. The van der Waals surface area contributed by atoms with Gasteiger partial charge in [0.15, 0.2) is 0 Å². The van der Waals surface area contributed by atoms with Crippen LogP contribution in [0.15, 0.2) is 53.0 Å². The summed E-state index contributed by atoms with van der Waals surface area (Å²) in [5, 5.41) is 5.67. The van der Waals surface area contributed by atoms with Crippen molar-refractivity contribution in [2.75, 3.05) is 17.7 Å². The summed E-state index contributed by atoms with van der Waals surface area (Å²) >= 11 is 3.35. The molecule has 24 heavy (non-hydrogen) atoms. The van der Waals surface area contributed by atoms with Gasteiger partial charge in [-0.05, 0) is 55.0 Å². The first-order valence-electron chi connectivity index (χ1n) is 7.58. The van der Waals surface area contributed by atoms with E-state index in [1.807, 2.05) is 24.3 Å². The van der Waals surface area contributed by atoms with Gasteiger partial charge in [0.2, 0.25) is 11.8 Å². The van der Waals surface area contributed by atoms with E-state index in [1.165, 1.54) is 0 Å². The molecule has 0 bridgehead atoms. The summed E-state index contributed by atoms with van der Waals surface area (Å²) in [6.07, 6.45) is 0.574. The third-order valence-corrected chi connectivity index (χ3v) is 4.46. The van der Waals surface area contributed by atoms with Crippen molar-refractivity contribution >= 4 is 39.1 Å². The van der Waals surface area contributed by atoms with Crippen molar-refractivity contribution in [2.24, 2.45) is 11.8 Å². The van der Waals surface area contributed by atoms with Crippen molar-refractivity contribution in [3.8, 4) is 5.75 Å². The average molecular weight is 389 g/mol. The number of hydrogen-bond acceptors (Lipinski definition) is 3. The molecule has 2 atom stereocenters. The molecule has 2 unspecified atom stereocenters. The van der Waals surface area contributed by atoms with Crippen LogP contribution in [-0.4, -0.2) is 18.9 Å². The fourth-order valence-electron chi connectivity index (χ4n) is 2.45. The summed E-state index contributed by atoms with van der Waals surface area (Å²) in [5.74, 6) is -0.0658. The van der Waals surface area contributed by atoms with Gasteiger partial charge in [-0.2, -0.15) is 0 Å². The summed E-state index contributed by atoms with van der Waals surface area (Å²) in [6, 6.07) is 14.5. The highest BCUT2D eigenvalue weighted by molar-refractivity contribution is 9.10. The topological polar surface area (TPSA) is 67.4 Å². The summed E-state index contributed by atoms with van der Waals surface area (Å²) in [6.45, 7) is 0. The Morgan fingerprint density at radius 1 is 0.917 bits per heavy atom. The number of anilines is 2. The van der Waals surface area contributed by atoms with Crippen molar-refractivity contribution in [1.82, 2.24) is 0 Å². The first-order chi connectivity index (χ1) is 11.6. The third-order valence-electron chi connectivity index (χ3n) is 3.93. The van der Waals surface area contributed by atoms with Gasteiger partial charge >= 0.3 is 0 Å². The van der Waals surface area contributed by atoms with Crippen LogP contribution in [0.3, 0.4) is 0 Å². The molecule has 0 radical (unpaired) electrons. The van der Waals surface area contributed by atoms with E-state index in [9.17, 15) is 9.59 Å². The van der Waals surface area contributed by atoms with E-state index in [4.69, 9.17) is 4.74 Å². The van der Waals surface area contributed by atoms with E-state index in [2.05, 4.69) is 26.6 Å². The van der Waals surface area contributed by atoms with Crippen LogP contribution in [0, 0.1) is 11.8 Å². The van der Waals surface area contributed by atoms with Crippen molar-refractivity contribution in [3.63, 3.8) is 0 Å². The summed E-state index contributed by atoms with van der Waals surface area (Å²) in [7, 11) is 1.59. The molecule has 2 aromatic rings. The van der Waals surface area contributed by atoms with Gasteiger partial charge in [0.25, 0.3) is 0 Å². The van der Waals surface area contributed by atoms with Crippen LogP contribution >= 0.6 is 15.9 Å². The van der Waals surface area contributed by atoms with Crippen LogP contribution in [-0.2, 0) is 9.59 Å². The molecule has 2 amide bonds. The van der Waals surface area contributed by atoms with E-state index in [0.717, 1.165) is 15.9 Å². The number of hydrogen-bond donors (Lipinski definition) is 2. The van der Waals surface area contributed by atoms with Crippen molar-refractivity contribution in [2.45, 2.75) is 6.42 Å². The van der Waals surface area contributed by atoms with Gasteiger partial charge < -0.3 is 15.4 Å². The summed E-state index contributed by atoms with van der Waals surface area (Å²) < 4.78 is 6.03. The molecule has 1 aliphatic rings. The van der Waals surface area contributed by atoms with Crippen LogP contribution in [0.25, 0.3) is 0 Å². The van der Waals surface area contributed by atoms with E-state index in [0.29, 0.717) is 12.1 Å². The molecule has 5 nitrogen and oxygen atoms in total.